The monoisotopic (exact) mass is 467 g/mol. The summed E-state index contributed by atoms with van der Waals surface area (Å²) in [4.78, 5) is 49.5. The van der Waals surface area contributed by atoms with Gasteiger partial charge in [-0.1, -0.05) is 0 Å². The lowest BCUT2D eigenvalue weighted by atomic mass is 10.2. The van der Waals surface area contributed by atoms with E-state index in [1.54, 1.807) is 4.57 Å². The number of rotatable bonds is 7. The van der Waals surface area contributed by atoms with Crippen LogP contribution < -0.4 is 21.4 Å². The molecule has 0 spiro atoms. The molecule has 2 aromatic rings. The number of nitrogens with one attached hydrogen (secondary N) is 1. The Morgan fingerprint density at radius 3 is 2.39 bits per heavy atom. The Labute approximate surface area is 187 Å². The molecule has 180 valence electrons. The maximum absolute atomic E-state index is 14.4. The Morgan fingerprint density at radius 1 is 1.24 bits per heavy atom. The van der Waals surface area contributed by atoms with E-state index in [2.05, 4.69) is 10.3 Å². The van der Waals surface area contributed by atoms with Crippen molar-refractivity contribution in [3.8, 4) is 0 Å². The van der Waals surface area contributed by atoms with Gasteiger partial charge in [0.25, 0.3) is 0 Å². The summed E-state index contributed by atoms with van der Waals surface area (Å²) in [5, 5.41) is 28.6. The van der Waals surface area contributed by atoms with Crippen LogP contribution in [0.3, 0.4) is 0 Å². The molecule has 13 heteroatoms. The Balaban J connectivity index is 0.000000328. The van der Waals surface area contributed by atoms with Crippen LogP contribution in [0.25, 0.3) is 11.0 Å². The first-order valence-corrected chi connectivity index (χ1v) is 10.2. The molecule has 1 unspecified atom stereocenters. The minimum absolute atomic E-state index is 0.0110. The number of fused-ring (bicyclic) bond motifs is 1. The van der Waals surface area contributed by atoms with Gasteiger partial charge in [0.05, 0.1) is 5.39 Å². The summed E-state index contributed by atoms with van der Waals surface area (Å²) in [6.07, 6.45) is 1.04. The van der Waals surface area contributed by atoms with Crippen molar-refractivity contribution >= 4 is 34.8 Å². The van der Waals surface area contributed by atoms with Crippen molar-refractivity contribution in [3.05, 3.63) is 33.9 Å². The van der Waals surface area contributed by atoms with Crippen molar-refractivity contribution in [1.82, 2.24) is 14.9 Å². The number of carbonyl (C=O) groups is 3. The number of aliphatic carboxylic acids is 2. The van der Waals surface area contributed by atoms with E-state index in [1.807, 2.05) is 11.8 Å². The van der Waals surface area contributed by atoms with Crippen molar-refractivity contribution in [3.63, 3.8) is 0 Å². The largest absolute Gasteiger partial charge is 0.481 e. The minimum Gasteiger partial charge on any atom is -0.481 e. The first-order valence-electron chi connectivity index (χ1n) is 10.2. The number of piperazine rings is 1. The molecule has 3 heterocycles. The molecule has 1 atom stereocenters. The van der Waals surface area contributed by atoms with E-state index < -0.39 is 35.2 Å². The molecule has 33 heavy (non-hydrogen) atoms. The number of carboxylic acids is 3. The third kappa shape index (κ3) is 6.46. The molecular weight excluding hydrogens is 441 g/mol. The lowest BCUT2D eigenvalue weighted by Gasteiger charge is -2.29. The second kappa shape index (κ2) is 11.3. The molecule has 0 aromatic carbocycles. The second-order valence-electron chi connectivity index (χ2n) is 7.24. The van der Waals surface area contributed by atoms with Crippen LogP contribution in [0.2, 0.25) is 0 Å². The predicted octanol–water partition coefficient (Wildman–Crippen LogP) is -0.0736. The van der Waals surface area contributed by atoms with Crippen LogP contribution in [0.1, 0.15) is 30.1 Å². The molecule has 1 aliphatic rings. The molecule has 0 amide bonds. The van der Waals surface area contributed by atoms with Gasteiger partial charge >= 0.3 is 17.9 Å². The van der Waals surface area contributed by atoms with Crippen LogP contribution in [-0.2, 0) is 16.1 Å². The maximum atomic E-state index is 14.4. The number of aromatic nitrogens is 2. The van der Waals surface area contributed by atoms with E-state index in [-0.39, 0.29) is 29.6 Å². The number of pyridine rings is 2. The summed E-state index contributed by atoms with van der Waals surface area (Å²) in [6, 6.07) is 0.0387. The molecule has 0 saturated carbocycles. The van der Waals surface area contributed by atoms with Gasteiger partial charge in [-0.2, -0.15) is 0 Å². The molecule has 3 rings (SSSR count). The average Bonchev–Trinajstić information content (AvgIpc) is 2.78. The summed E-state index contributed by atoms with van der Waals surface area (Å²) in [6.45, 7) is 4.95. The van der Waals surface area contributed by atoms with Gasteiger partial charge in [-0.05, 0) is 19.4 Å². The van der Waals surface area contributed by atoms with Crippen LogP contribution in [0.15, 0.2) is 17.1 Å². The number of hydrogen-bond acceptors (Lipinski definition) is 8. The molecule has 1 saturated heterocycles. The summed E-state index contributed by atoms with van der Waals surface area (Å²) in [7, 11) is 0. The van der Waals surface area contributed by atoms with Crippen molar-refractivity contribution in [2.45, 2.75) is 32.4 Å². The number of nitrogens with two attached hydrogens (primary N) is 1. The number of nitrogens with zero attached hydrogens (tertiary/aromatic N) is 3. The van der Waals surface area contributed by atoms with Crippen molar-refractivity contribution in [2.75, 3.05) is 31.1 Å². The number of hydrogen-bond donors (Lipinski definition) is 5. The van der Waals surface area contributed by atoms with Crippen molar-refractivity contribution in [1.29, 1.82) is 0 Å². The van der Waals surface area contributed by atoms with Gasteiger partial charge in [0, 0.05) is 45.3 Å². The molecule has 0 radical (unpaired) electrons. The third-order valence-corrected chi connectivity index (χ3v) is 4.96. The Bertz CT molecular complexity index is 1100. The zero-order chi connectivity index (χ0) is 24.7. The zero-order valence-corrected chi connectivity index (χ0v) is 18.0. The predicted molar refractivity (Wildman–Crippen MR) is 116 cm³/mol. The molecular formula is C20H26FN5O7. The molecule has 2 aromatic heterocycles. The molecule has 0 bridgehead atoms. The number of aromatic carboxylic acids is 1. The highest BCUT2D eigenvalue weighted by Crippen LogP contribution is 2.21. The summed E-state index contributed by atoms with van der Waals surface area (Å²) in [5.41, 5.74) is 4.21. The van der Waals surface area contributed by atoms with E-state index in [1.165, 1.54) is 6.20 Å². The fourth-order valence-electron chi connectivity index (χ4n) is 3.17. The van der Waals surface area contributed by atoms with E-state index in [0.29, 0.717) is 25.3 Å². The van der Waals surface area contributed by atoms with Gasteiger partial charge in [0.2, 0.25) is 5.43 Å². The normalized spacial score (nSPS) is 14.3. The third-order valence-electron chi connectivity index (χ3n) is 4.96. The standard InChI is InChI=1S/C15H17FN4O3.C5H9NO4/c1-2-19-8-10(15(22)23)12(21)9-7-11(16)14(18-13(9)19)20-5-3-17-4-6-20;6-3(5(9)10)1-2-4(7)8/h7-8,17H,2-6H2,1H3,(H,22,23);3H,1-2,6H2,(H,7,8)(H,9,10). The van der Waals surface area contributed by atoms with E-state index in [0.717, 1.165) is 19.2 Å². The smallest absolute Gasteiger partial charge is 0.341 e. The molecule has 12 nitrogen and oxygen atoms in total. The highest BCUT2D eigenvalue weighted by atomic mass is 19.1. The summed E-state index contributed by atoms with van der Waals surface area (Å²) in [5.74, 6) is -3.94. The van der Waals surface area contributed by atoms with Crippen LogP contribution in [0, 0.1) is 5.82 Å². The van der Waals surface area contributed by atoms with Crippen LogP contribution in [-0.4, -0.2) is 75.0 Å². The SMILES string of the molecule is CCn1cc(C(=O)O)c(=O)c2cc(F)c(N3CCNCC3)nc21.NC(CCC(=O)O)C(=O)O. The van der Waals surface area contributed by atoms with Crippen molar-refractivity contribution in [2.24, 2.45) is 5.73 Å². The summed E-state index contributed by atoms with van der Waals surface area (Å²) >= 11 is 0. The van der Waals surface area contributed by atoms with Crippen LogP contribution in [0.5, 0.6) is 0 Å². The summed E-state index contributed by atoms with van der Waals surface area (Å²) < 4.78 is 16.0. The Hall–Kier alpha value is -3.58. The minimum atomic E-state index is -1.33. The Kier molecular flexibility index (Phi) is 8.82. The molecule has 1 fully saturated rings. The van der Waals surface area contributed by atoms with E-state index >= 15 is 0 Å². The maximum Gasteiger partial charge on any atom is 0.341 e. The second-order valence-corrected chi connectivity index (χ2v) is 7.24. The highest BCUT2D eigenvalue weighted by Gasteiger charge is 2.21. The highest BCUT2D eigenvalue weighted by molar-refractivity contribution is 5.92. The van der Waals surface area contributed by atoms with E-state index in [9.17, 15) is 23.6 Å². The van der Waals surface area contributed by atoms with Gasteiger partial charge in [-0.25, -0.2) is 14.2 Å². The zero-order valence-electron chi connectivity index (χ0n) is 18.0. The quantitative estimate of drug-likeness (QED) is 0.366. The topological polar surface area (TPSA) is 188 Å². The first-order chi connectivity index (χ1) is 15.6. The van der Waals surface area contributed by atoms with E-state index in [4.69, 9.17) is 21.1 Å². The van der Waals surface area contributed by atoms with Gasteiger partial charge < -0.3 is 35.8 Å². The fraction of sp³-hybridized carbons (Fsp3) is 0.450. The van der Waals surface area contributed by atoms with Crippen LogP contribution >= 0.6 is 0 Å². The van der Waals surface area contributed by atoms with Gasteiger partial charge in [0.1, 0.15) is 17.3 Å². The van der Waals surface area contributed by atoms with Gasteiger partial charge in [0.15, 0.2) is 11.6 Å². The number of aryl methyl sites for hydroxylation is 1. The fourth-order valence-corrected chi connectivity index (χ4v) is 3.17. The van der Waals surface area contributed by atoms with Crippen molar-refractivity contribution < 1.29 is 34.1 Å². The number of halogens is 1. The Morgan fingerprint density at radius 2 is 1.88 bits per heavy atom. The lowest BCUT2D eigenvalue weighted by molar-refractivity contribution is -0.139. The molecule has 6 N–H and O–H groups in total. The molecule has 0 aliphatic carbocycles. The first kappa shape index (κ1) is 25.7. The van der Waals surface area contributed by atoms with Crippen LogP contribution in [0.4, 0.5) is 10.2 Å². The average molecular weight is 467 g/mol. The number of anilines is 1. The number of carboxylic acid groups (broad SMARTS) is 3. The molecule has 1 aliphatic heterocycles. The lowest BCUT2D eigenvalue weighted by Crippen LogP contribution is -2.44. The van der Waals surface area contributed by atoms with Gasteiger partial charge in [-0.15, -0.1) is 0 Å². The van der Waals surface area contributed by atoms with Gasteiger partial charge in [-0.3, -0.25) is 14.4 Å².